The Morgan fingerprint density at radius 2 is 2.11 bits per heavy atom. The lowest BCUT2D eigenvalue weighted by molar-refractivity contribution is 0.0262. The van der Waals surface area contributed by atoms with Crippen molar-refractivity contribution in [3.8, 4) is 5.75 Å². The Labute approximate surface area is 104 Å². The molecule has 0 unspecified atom stereocenters. The summed E-state index contributed by atoms with van der Waals surface area (Å²) < 4.78 is 24.2. The summed E-state index contributed by atoms with van der Waals surface area (Å²) in [6.45, 7) is 1.45. The number of fused-ring (bicyclic) bond motifs is 1. The minimum atomic E-state index is -0.717. The van der Waals surface area contributed by atoms with E-state index in [4.69, 9.17) is 9.47 Å². The molecule has 3 rings (SSSR count). The Morgan fingerprint density at radius 3 is 2.94 bits per heavy atom. The van der Waals surface area contributed by atoms with E-state index < -0.39 is 6.08 Å². The molecule has 18 heavy (non-hydrogen) atoms. The zero-order valence-corrected chi connectivity index (χ0v) is 9.80. The van der Waals surface area contributed by atoms with Crippen LogP contribution in [0.1, 0.15) is 12.8 Å². The molecule has 1 aliphatic heterocycles. The van der Waals surface area contributed by atoms with Crippen LogP contribution in [0.25, 0.3) is 10.9 Å². The second-order valence-corrected chi connectivity index (χ2v) is 4.26. The molecule has 94 valence electrons. The molecule has 0 atom stereocenters. The van der Waals surface area contributed by atoms with Gasteiger partial charge in [0.05, 0.1) is 24.1 Å². The molecule has 0 saturated carbocycles. The minimum absolute atomic E-state index is 0.148. The Bertz CT molecular complexity index is 556. The van der Waals surface area contributed by atoms with Crippen molar-refractivity contribution in [1.82, 2.24) is 9.97 Å². The molecule has 1 fully saturated rings. The smallest absolute Gasteiger partial charge is 0.309 e. The second-order valence-electron chi connectivity index (χ2n) is 4.26. The van der Waals surface area contributed by atoms with E-state index in [0.29, 0.717) is 11.3 Å². The molecule has 0 amide bonds. The first kappa shape index (κ1) is 11.3. The summed E-state index contributed by atoms with van der Waals surface area (Å²) in [5.74, 6) is 0.708. The third kappa shape index (κ3) is 2.26. The zero-order chi connectivity index (χ0) is 12.4. The van der Waals surface area contributed by atoms with E-state index in [2.05, 4.69) is 9.97 Å². The van der Waals surface area contributed by atoms with E-state index in [9.17, 15) is 4.39 Å². The van der Waals surface area contributed by atoms with E-state index in [1.165, 1.54) is 6.20 Å². The van der Waals surface area contributed by atoms with Crippen molar-refractivity contribution in [2.24, 2.45) is 0 Å². The average Bonchev–Trinajstić information content (AvgIpc) is 2.40. The Kier molecular flexibility index (Phi) is 3.06. The highest BCUT2D eigenvalue weighted by atomic mass is 19.1. The van der Waals surface area contributed by atoms with E-state index in [0.717, 1.165) is 31.4 Å². The first-order valence-corrected chi connectivity index (χ1v) is 5.98. The van der Waals surface area contributed by atoms with Gasteiger partial charge in [-0.2, -0.15) is 4.39 Å². The zero-order valence-electron chi connectivity index (χ0n) is 9.80. The number of nitrogens with zero attached hydrogens (tertiary/aromatic N) is 2. The summed E-state index contributed by atoms with van der Waals surface area (Å²) in [6, 6.07) is 5.42. The van der Waals surface area contributed by atoms with Crippen LogP contribution in [0.15, 0.2) is 24.4 Å². The van der Waals surface area contributed by atoms with Gasteiger partial charge in [-0.05, 0) is 12.1 Å². The van der Waals surface area contributed by atoms with E-state index in [-0.39, 0.29) is 6.10 Å². The molecule has 0 spiro atoms. The van der Waals surface area contributed by atoms with Gasteiger partial charge in [0.2, 0.25) is 0 Å². The molecule has 0 aliphatic carbocycles. The monoisotopic (exact) mass is 248 g/mol. The molecule has 2 aromatic rings. The standard InChI is InChI=1S/C13H13FN2O2/c14-13-15-8-10-11(16-13)2-1-3-12(10)18-9-4-6-17-7-5-9/h1-3,8-9H,4-7H2. The molecule has 2 heterocycles. The fraction of sp³-hybridized carbons (Fsp3) is 0.385. The van der Waals surface area contributed by atoms with Crippen molar-refractivity contribution in [2.75, 3.05) is 13.2 Å². The highest BCUT2D eigenvalue weighted by Crippen LogP contribution is 2.26. The molecule has 1 saturated heterocycles. The van der Waals surface area contributed by atoms with Crippen molar-refractivity contribution in [3.05, 3.63) is 30.5 Å². The van der Waals surface area contributed by atoms with Crippen LogP contribution in [-0.2, 0) is 4.74 Å². The number of hydrogen-bond donors (Lipinski definition) is 0. The fourth-order valence-corrected chi connectivity index (χ4v) is 2.08. The third-order valence-electron chi connectivity index (χ3n) is 3.02. The van der Waals surface area contributed by atoms with Gasteiger partial charge in [0.15, 0.2) is 0 Å². The summed E-state index contributed by atoms with van der Waals surface area (Å²) >= 11 is 0. The lowest BCUT2D eigenvalue weighted by Gasteiger charge is -2.23. The predicted octanol–water partition coefficient (Wildman–Crippen LogP) is 2.33. The minimum Gasteiger partial charge on any atom is -0.489 e. The first-order chi connectivity index (χ1) is 8.83. The van der Waals surface area contributed by atoms with Gasteiger partial charge in [0.1, 0.15) is 11.9 Å². The van der Waals surface area contributed by atoms with Crippen LogP contribution in [0.4, 0.5) is 4.39 Å². The first-order valence-electron chi connectivity index (χ1n) is 5.98. The molecule has 1 aliphatic rings. The summed E-state index contributed by atoms with van der Waals surface area (Å²) in [5.41, 5.74) is 0.562. The van der Waals surface area contributed by atoms with Crippen LogP contribution in [0.3, 0.4) is 0 Å². The summed E-state index contributed by atoms with van der Waals surface area (Å²) in [4.78, 5) is 7.33. The van der Waals surface area contributed by atoms with Gasteiger partial charge in [0.25, 0.3) is 0 Å². The molecular weight excluding hydrogens is 235 g/mol. The van der Waals surface area contributed by atoms with E-state index in [1.54, 1.807) is 6.07 Å². The van der Waals surface area contributed by atoms with Crippen molar-refractivity contribution >= 4 is 10.9 Å². The van der Waals surface area contributed by atoms with Crippen LogP contribution < -0.4 is 4.74 Å². The van der Waals surface area contributed by atoms with Crippen LogP contribution >= 0.6 is 0 Å². The SMILES string of the molecule is Fc1ncc2c(OC3CCOCC3)cccc2n1. The maximum absolute atomic E-state index is 12.9. The topological polar surface area (TPSA) is 44.2 Å². The number of hydrogen-bond acceptors (Lipinski definition) is 4. The maximum atomic E-state index is 12.9. The fourth-order valence-electron chi connectivity index (χ4n) is 2.08. The van der Waals surface area contributed by atoms with Crippen LogP contribution in [0.2, 0.25) is 0 Å². The summed E-state index contributed by atoms with van der Waals surface area (Å²) in [5, 5.41) is 0.741. The van der Waals surface area contributed by atoms with Crippen LogP contribution in [-0.4, -0.2) is 29.3 Å². The lowest BCUT2D eigenvalue weighted by Crippen LogP contribution is -2.25. The van der Waals surface area contributed by atoms with E-state index >= 15 is 0 Å². The van der Waals surface area contributed by atoms with Gasteiger partial charge in [-0.1, -0.05) is 6.07 Å². The summed E-state index contributed by atoms with van der Waals surface area (Å²) in [7, 11) is 0. The largest absolute Gasteiger partial charge is 0.489 e. The van der Waals surface area contributed by atoms with Crippen molar-refractivity contribution in [3.63, 3.8) is 0 Å². The Balaban J connectivity index is 1.91. The van der Waals surface area contributed by atoms with E-state index in [1.807, 2.05) is 12.1 Å². The highest BCUT2D eigenvalue weighted by molar-refractivity contribution is 5.84. The maximum Gasteiger partial charge on any atom is 0.309 e. The molecule has 0 N–H and O–H groups in total. The van der Waals surface area contributed by atoms with Crippen molar-refractivity contribution in [1.29, 1.82) is 0 Å². The Morgan fingerprint density at radius 1 is 1.28 bits per heavy atom. The van der Waals surface area contributed by atoms with Crippen molar-refractivity contribution < 1.29 is 13.9 Å². The normalized spacial score (nSPS) is 16.9. The quantitative estimate of drug-likeness (QED) is 0.765. The van der Waals surface area contributed by atoms with Crippen LogP contribution in [0.5, 0.6) is 5.75 Å². The number of rotatable bonds is 2. The second kappa shape index (κ2) is 4.86. The van der Waals surface area contributed by atoms with Gasteiger partial charge >= 0.3 is 6.08 Å². The Hall–Kier alpha value is -1.75. The van der Waals surface area contributed by atoms with Gasteiger partial charge in [-0.25, -0.2) is 9.97 Å². The number of aromatic nitrogens is 2. The number of halogens is 1. The molecule has 1 aromatic carbocycles. The molecule has 1 aromatic heterocycles. The van der Waals surface area contributed by atoms with Gasteiger partial charge in [-0.3, -0.25) is 0 Å². The average molecular weight is 248 g/mol. The predicted molar refractivity (Wildman–Crippen MR) is 64.0 cm³/mol. The van der Waals surface area contributed by atoms with Gasteiger partial charge in [0, 0.05) is 19.0 Å². The molecule has 5 heteroatoms. The van der Waals surface area contributed by atoms with Crippen LogP contribution in [0, 0.1) is 6.08 Å². The number of ether oxygens (including phenoxy) is 2. The lowest BCUT2D eigenvalue weighted by atomic mass is 10.1. The molecule has 4 nitrogen and oxygen atoms in total. The summed E-state index contributed by atoms with van der Waals surface area (Å²) in [6.07, 6.45) is 2.64. The van der Waals surface area contributed by atoms with Gasteiger partial charge in [-0.15, -0.1) is 0 Å². The molecular formula is C13H13FN2O2. The third-order valence-corrected chi connectivity index (χ3v) is 3.02. The van der Waals surface area contributed by atoms with Crippen molar-refractivity contribution in [2.45, 2.75) is 18.9 Å². The van der Waals surface area contributed by atoms with Gasteiger partial charge < -0.3 is 9.47 Å². The number of benzene rings is 1. The molecule has 0 bridgehead atoms. The highest BCUT2D eigenvalue weighted by Gasteiger charge is 2.16. The molecule has 0 radical (unpaired) electrons.